The smallest absolute Gasteiger partial charge is 0.316 e. The Hall–Kier alpha value is -3.41. The number of carbonyl (C=O) groups excluding carboxylic acids is 1. The topological polar surface area (TPSA) is 81.2 Å². The van der Waals surface area contributed by atoms with E-state index in [1.165, 1.54) is 5.56 Å². The number of amides is 1. The average molecular weight is 361 g/mol. The van der Waals surface area contributed by atoms with Crippen LogP contribution in [0, 0.1) is 20.8 Å². The summed E-state index contributed by atoms with van der Waals surface area (Å²) in [5, 5.41) is 7.70. The van der Waals surface area contributed by atoms with Crippen LogP contribution in [0.25, 0.3) is 22.6 Å². The Kier molecular flexibility index (Phi) is 4.24. The lowest BCUT2D eigenvalue weighted by Crippen LogP contribution is -2.23. The molecule has 0 aliphatic rings. The lowest BCUT2D eigenvalue weighted by molar-refractivity contribution is 0.0907. The van der Waals surface area contributed by atoms with Gasteiger partial charge in [-0.15, -0.1) is 0 Å². The lowest BCUT2D eigenvalue weighted by Gasteiger charge is -2.02. The third-order valence-electron chi connectivity index (χ3n) is 4.56. The van der Waals surface area contributed by atoms with Crippen LogP contribution in [-0.2, 0) is 6.54 Å². The van der Waals surface area contributed by atoms with Crippen LogP contribution in [0.15, 0.2) is 51.4 Å². The van der Waals surface area contributed by atoms with Crippen LogP contribution in [0.3, 0.4) is 0 Å². The minimum Gasteiger partial charge on any atom is -0.452 e. The van der Waals surface area contributed by atoms with E-state index in [4.69, 9.17) is 8.94 Å². The molecule has 0 spiro atoms. The van der Waals surface area contributed by atoms with Crippen LogP contribution < -0.4 is 5.32 Å². The number of nitrogens with zero attached hydrogens (tertiary/aromatic N) is 2. The van der Waals surface area contributed by atoms with Gasteiger partial charge in [-0.3, -0.25) is 4.79 Å². The number of hydrogen-bond donors (Lipinski definition) is 1. The minimum atomic E-state index is -0.417. The fourth-order valence-corrected chi connectivity index (χ4v) is 2.97. The Morgan fingerprint density at radius 1 is 1.07 bits per heavy atom. The van der Waals surface area contributed by atoms with Gasteiger partial charge in [-0.05, 0) is 31.9 Å². The highest BCUT2D eigenvalue weighted by atomic mass is 16.5. The number of aryl methyl sites for hydroxylation is 3. The van der Waals surface area contributed by atoms with Crippen molar-refractivity contribution >= 4 is 16.9 Å². The van der Waals surface area contributed by atoms with Gasteiger partial charge in [-0.1, -0.05) is 53.2 Å². The SMILES string of the molecule is Cc1ccc(CNC(=O)c2nc(-c3oc4c(C)cccc4c3C)no2)cc1. The standard InChI is InChI=1S/C21H19N3O3/c1-12-7-9-15(10-8-12)11-22-20(25)21-23-19(24-27-21)18-14(3)16-6-4-5-13(2)17(16)26-18/h4-10H,11H2,1-3H3,(H,22,25). The number of hydrogen-bond acceptors (Lipinski definition) is 5. The van der Waals surface area contributed by atoms with Gasteiger partial charge in [-0.2, -0.15) is 4.98 Å². The summed E-state index contributed by atoms with van der Waals surface area (Å²) in [6.07, 6.45) is 0. The monoisotopic (exact) mass is 361 g/mol. The van der Waals surface area contributed by atoms with Crippen molar-refractivity contribution in [2.75, 3.05) is 0 Å². The zero-order valence-electron chi connectivity index (χ0n) is 15.4. The van der Waals surface area contributed by atoms with E-state index < -0.39 is 5.91 Å². The first-order chi connectivity index (χ1) is 13.0. The van der Waals surface area contributed by atoms with Gasteiger partial charge in [0.25, 0.3) is 0 Å². The number of aromatic nitrogens is 2. The molecule has 0 radical (unpaired) electrons. The molecule has 0 aliphatic carbocycles. The third kappa shape index (κ3) is 3.21. The van der Waals surface area contributed by atoms with Gasteiger partial charge in [0.15, 0.2) is 5.76 Å². The Morgan fingerprint density at radius 3 is 2.59 bits per heavy atom. The first-order valence-corrected chi connectivity index (χ1v) is 8.69. The first-order valence-electron chi connectivity index (χ1n) is 8.69. The Labute approximate surface area is 156 Å². The van der Waals surface area contributed by atoms with Gasteiger partial charge in [0.1, 0.15) is 5.58 Å². The lowest BCUT2D eigenvalue weighted by atomic mass is 10.1. The van der Waals surface area contributed by atoms with E-state index in [1.54, 1.807) is 0 Å². The number of furan rings is 1. The summed E-state index contributed by atoms with van der Waals surface area (Å²) < 4.78 is 11.1. The molecule has 2 aromatic heterocycles. The molecular weight excluding hydrogens is 342 g/mol. The summed E-state index contributed by atoms with van der Waals surface area (Å²) in [6, 6.07) is 13.9. The Morgan fingerprint density at radius 2 is 1.85 bits per heavy atom. The van der Waals surface area contributed by atoms with Crippen LogP contribution in [0.5, 0.6) is 0 Å². The third-order valence-corrected chi connectivity index (χ3v) is 4.56. The van der Waals surface area contributed by atoms with Crippen molar-refractivity contribution in [1.82, 2.24) is 15.5 Å². The Bertz CT molecular complexity index is 1120. The summed E-state index contributed by atoms with van der Waals surface area (Å²) in [6.45, 7) is 6.33. The molecule has 136 valence electrons. The highest BCUT2D eigenvalue weighted by molar-refractivity contribution is 5.91. The van der Waals surface area contributed by atoms with Crippen LogP contribution in [0.1, 0.15) is 32.9 Å². The molecule has 4 rings (SSSR count). The quantitative estimate of drug-likeness (QED) is 0.585. The van der Waals surface area contributed by atoms with Crippen LogP contribution in [-0.4, -0.2) is 16.0 Å². The van der Waals surface area contributed by atoms with Crippen molar-refractivity contribution in [3.63, 3.8) is 0 Å². The van der Waals surface area contributed by atoms with Crippen LogP contribution >= 0.6 is 0 Å². The van der Waals surface area contributed by atoms with E-state index in [0.29, 0.717) is 12.3 Å². The molecule has 6 heteroatoms. The summed E-state index contributed by atoms with van der Waals surface area (Å²) in [5.41, 5.74) is 4.91. The van der Waals surface area contributed by atoms with Crippen LogP contribution in [0.4, 0.5) is 0 Å². The fourth-order valence-electron chi connectivity index (χ4n) is 2.97. The van der Waals surface area contributed by atoms with E-state index in [1.807, 2.05) is 63.2 Å². The predicted molar refractivity (Wildman–Crippen MR) is 101 cm³/mol. The molecule has 2 heterocycles. The van der Waals surface area contributed by atoms with Crippen molar-refractivity contribution in [3.8, 4) is 11.6 Å². The molecular formula is C21H19N3O3. The first kappa shape index (κ1) is 17.0. The number of benzene rings is 2. The van der Waals surface area contributed by atoms with Crippen LogP contribution in [0.2, 0.25) is 0 Å². The highest BCUT2D eigenvalue weighted by Crippen LogP contribution is 2.32. The van der Waals surface area contributed by atoms with E-state index in [9.17, 15) is 4.79 Å². The summed E-state index contributed by atoms with van der Waals surface area (Å²) >= 11 is 0. The van der Waals surface area contributed by atoms with E-state index in [0.717, 1.165) is 27.7 Å². The maximum absolute atomic E-state index is 12.3. The number of nitrogens with one attached hydrogen (secondary N) is 1. The maximum Gasteiger partial charge on any atom is 0.316 e. The summed E-state index contributed by atoms with van der Waals surface area (Å²) in [4.78, 5) is 16.5. The van der Waals surface area contributed by atoms with E-state index in [2.05, 4.69) is 15.5 Å². The van der Waals surface area contributed by atoms with Gasteiger partial charge in [0.2, 0.25) is 5.82 Å². The van der Waals surface area contributed by atoms with Crippen molar-refractivity contribution in [2.24, 2.45) is 0 Å². The molecule has 0 aliphatic heterocycles. The molecule has 0 bridgehead atoms. The number of para-hydroxylation sites is 1. The molecule has 1 N–H and O–H groups in total. The normalized spacial score (nSPS) is 11.1. The second kappa shape index (κ2) is 6.72. The van der Waals surface area contributed by atoms with Crippen molar-refractivity contribution in [3.05, 3.63) is 70.6 Å². The van der Waals surface area contributed by atoms with Gasteiger partial charge < -0.3 is 14.3 Å². The highest BCUT2D eigenvalue weighted by Gasteiger charge is 2.21. The zero-order valence-corrected chi connectivity index (χ0v) is 15.4. The molecule has 27 heavy (non-hydrogen) atoms. The molecule has 6 nitrogen and oxygen atoms in total. The van der Waals surface area contributed by atoms with Gasteiger partial charge in [-0.25, -0.2) is 0 Å². The predicted octanol–water partition coefficient (Wildman–Crippen LogP) is 4.34. The average Bonchev–Trinajstić information content (AvgIpc) is 3.27. The number of fused-ring (bicyclic) bond motifs is 1. The molecule has 0 unspecified atom stereocenters. The maximum atomic E-state index is 12.3. The Balaban J connectivity index is 1.54. The molecule has 0 saturated carbocycles. The van der Waals surface area contributed by atoms with E-state index >= 15 is 0 Å². The largest absolute Gasteiger partial charge is 0.452 e. The molecule has 0 atom stereocenters. The van der Waals surface area contributed by atoms with Gasteiger partial charge in [0, 0.05) is 17.5 Å². The molecule has 1 amide bonds. The van der Waals surface area contributed by atoms with Crippen molar-refractivity contribution in [2.45, 2.75) is 27.3 Å². The molecule has 2 aromatic carbocycles. The second-order valence-corrected chi connectivity index (χ2v) is 6.60. The van der Waals surface area contributed by atoms with Gasteiger partial charge >= 0.3 is 11.8 Å². The van der Waals surface area contributed by atoms with Gasteiger partial charge in [0.05, 0.1) is 0 Å². The zero-order chi connectivity index (χ0) is 19.0. The van der Waals surface area contributed by atoms with Crippen molar-refractivity contribution in [1.29, 1.82) is 0 Å². The minimum absolute atomic E-state index is 0.0892. The van der Waals surface area contributed by atoms with Crippen molar-refractivity contribution < 1.29 is 13.7 Å². The second-order valence-electron chi connectivity index (χ2n) is 6.60. The molecule has 0 fully saturated rings. The fraction of sp³-hybridized carbons (Fsp3) is 0.190. The molecule has 4 aromatic rings. The molecule has 0 saturated heterocycles. The number of carbonyl (C=O) groups is 1. The summed E-state index contributed by atoms with van der Waals surface area (Å²) in [5.74, 6) is 0.275. The van der Waals surface area contributed by atoms with E-state index in [-0.39, 0.29) is 11.7 Å². The summed E-state index contributed by atoms with van der Waals surface area (Å²) in [7, 11) is 0. The number of rotatable bonds is 4.